The smallest absolute Gasteiger partial charge is 0.220 e. The molecule has 2 saturated heterocycles. The van der Waals surface area contributed by atoms with Gasteiger partial charge in [0.25, 0.3) is 0 Å². The Balaban J connectivity index is 1.55. The number of carbonyl (C=O) groups is 1. The molecular weight excluding hydrogens is 1190 g/mol. The lowest BCUT2D eigenvalue weighted by atomic mass is 9.97. The second kappa shape index (κ2) is 65.5. The van der Waals surface area contributed by atoms with E-state index in [1.165, 1.54) is 315 Å². The third kappa shape index (κ3) is 48.6. The largest absolute Gasteiger partial charge is 0.394 e. The van der Waals surface area contributed by atoms with Crippen LogP contribution in [0.3, 0.4) is 0 Å². The Morgan fingerprint density at radius 2 is 0.674 bits per heavy atom. The first kappa shape index (κ1) is 89.3. The summed E-state index contributed by atoms with van der Waals surface area (Å²) < 4.78 is 22.9. The number of hydrogen-bond donors (Lipinski definition) is 9. The lowest BCUT2D eigenvalue weighted by Crippen LogP contribution is -2.65. The predicted octanol–water partition coefficient (Wildman–Crippen LogP) is 18.4. The maximum absolute atomic E-state index is 13.4. The van der Waals surface area contributed by atoms with E-state index in [1.54, 1.807) is 6.08 Å². The van der Waals surface area contributed by atoms with Gasteiger partial charge < -0.3 is 65.1 Å². The molecule has 0 bridgehead atoms. The van der Waals surface area contributed by atoms with E-state index in [2.05, 4.69) is 43.5 Å². The van der Waals surface area contributed by atoms with Crippen LogP contribution in [-0.2, 0) is 23.7 Å². The van der Waals surface area contributed by atoms with Crippen LogP contribution in [0.15, 0.2) is 36.5 Å². The maximum atomic E-state index is 13.4. The molecule has 12 unspecified atom stereocenters. The Morgan fingerprint density at radius 3 is 1.03 bits per heavy atom. The van der Waals surface area contributed by atoms with Crippen molar-refractivity contribution in [2.24, 2.45) is 0 Å². The number of ether oxygens (including phenoxy) is 4. The second-order valence-corrected chi connectivity index (χ2v) is 28.9. The van der Waals surface area contributed by atoms with Gasteiger partial charge in [0.1, 0.15) is 48.8 Å². The lowest BCUT2D eigenvalue weighted by molar-refractivity contribution is -0.359. The maximum Gasteiger partial charge on any atom is 0.220 e. The van der Waals surface area contributed by atoms with E-state index in [0.29, 0.717) is 12.8 Å². The fourth-order valence-electron chi connectivity index (χ4n) is 13.6. The number of allylic oxidation sites excluding steroid dienone is 5. The quantitative estimate of drug-likeness (QED) is 0.0204. The molecule has 14 heteroatoms. The topological polar surface area (TPSA) is 228 Å². The van der Waals surface area contributed by atoms with E-state index in [9.17, 15) is 45.6 Å². The first-order chi connectivity index (χ1) is 46.6. The van der Waals surface area contributed by atoms with E-state index < -0.39 is 86.8 Å². The highest BCUT2D eigenvalue weighted by Crippen LogP contribution is 2.30. The summed E-state index contributed by atoms with van der Waals surface area (Å²) in [6.07, 6.45) is 69.7. The van der Waals surface area contributed by atoms with Crippen molar-refractivity contribution >= 4 is 5.91 Å². The number of aliphatic hydroxyl groups is 8. The van der Waals surface area contributed by atoms with E-state index in [-0.39, 0.29) is 18.9 Å². The molecule has 0 aromatic heterocycles. The number of hydrogen-bond acceptors (Lipinski definition) is 13. The summed E-state index contributed by atoms with van der Waals surface area (Å²) in [4.78, 5) is 13.4. The van der Waals surface area contributed by atoms with E-state index in [1.807, 2.05) is 6.08 Å². The molecule has 0 spiro atoms. The van der Waals surface area contributed by atoms with Gasteiger partial charge >= 0.3 is 0 Å². The van der Waals surface area contributed by atoms with Crippen molar-refractivity contribution < 1.29 is 64.6 Å². The number of aliphatic hydroxyl groups excluding tert-OH is 8. The minimum atomic E-state index is -1.79. The molecule has 95 heavy (non-hydrogen) atoms. The summed E-state index contributed by atoms with van der Waals surface area (Å²) in [6, 6.07) is -0.931. The third-order valence-electron chi connectivity index (χ3n) is 20.0. The van der Waals surface area contributed by atoms with Crippen LogP contribution in [0.5, 0.6) is 0 Å². The molecule has 2 aliphatic rings. The Morgan fingerprint density at radius 1 is 0.368 bits per heavy atom. The van der Waals surface area contributed by atoms with Crippen LogP contribution in [0.25, 0.3) is 0 Å². The molecular formula is C81H153NO13. The minimum absolute atomic E-state index is 0.241. The van der Waals surface area contributed by atoms with Gasteiger partial charge in [0.05, 0.1) is 32.0 Å². The monoisotopic (exact) mass is 1350 g/mol. The number of carbonyl (C=O) groups excluding carboxylic acids is 1. The molecule has 2 aliphatic heterocycles. The lowest BCUT2D eigenvalue weighted by Gasteiger charge is -2.46. The molecule has 2 fully saturated rings. The molecule has 0 saturated carbocycles. The van der Waals surface area contributed by atoms with E-state index in [0.717, 1.165) is 32.1 Å². The Kier molecular flexibility index (Phi) is 61.6. The fourth-order valence-corrected chi connectivity index (χ4v) is 13.6. The molecule has 2 rings (SSSR count). The minimum Gasteiger partial charge on any atom is -0.394 e. The van der Waals surface area contributed by atoms with Gasteiger partial charge in [0.2, 0.25) is 5.91 Å². The summed E-state index contributed by atoms with van der Waals surface area (Å²) in [5.41, 5.74) is 0. The molecule has 560 valence electrons. The van der Waals surface area contributed by atoms with Crippen LogP contribution in [0.4, 0.5) is 0 Å². The average molecular weight is 1350 g/mol. The van der Waals surface area contributed by atoms with Crippen molar-refractivity contribution in [3.8, 4) is 0 Å². The zero-order valence-corrected chi connectivity index (χ0v) is 61.4. The summed E-state index contributed by atoms with van der Waals surface area (Å²) in [6.45, 7) is 2.84. The van der Waals surface area contributed by atoms with Crippen molar-refractivity contribution in [2.75, 3.05) is 19.8 Å². The Hall–Kier alpha value is -1.79. The zero-order chi connectivity index (χ0) is 68.7. The average Bonchev–Trinajstić information content (AvgIpc) is 0.897. The summed E-state index contributed by atoms with van der Waals surface area (Å²) in [5.74, 6) is -0.241. The fraction of sp³-hybridized carbons (Fsp3) is 0.914. The van der Waals surface area contributed by atoms with Crippen molar-refractivity contribution in [3.05, 3.63) is 36.5 Å². The SMILES string of the molecule is CCCCCCCCCC/C=C\CCCCCCCCCCCCCCCCCCCCCCCCCCCCCCCC(=O)NC(COC1OC(CO)C(OC2OC(CO)C(O)C(O)C2O)C(O)C1O)C(O)/C=C/CC/C=C/CCCCCCCCCCCCCCCC. The normalized spacial score (nSPS) is 22.5. The number of unbranched alkanes of at least 4 members (excludes halogenated alkanes) is 52. The number of nitrogens with one attached hydrogen (secondary N) is 1. The van der Waals surface area contributed by atoms with Gasteiger partial charge in [0, 0.05) is 6.42 Å². The Bertz CT molecular complexity index is 1730. The summed E-state index contributed by atoms with van der Waals surface area (Å²) >= 11 is 0. The van der Waals surface area contributed by atoms with Crippen LogP contribution in [-0.4, -0.2) is 140 Å². The highest BCUT2D eigenvalue weighted by molar-refractivity contribution is 5.76. The molecule has 0 aromatic rings. The van der Waals surface area contributed by atoms with Crippen LogP contribution in [0.2, 0.25) is 0 Å². The Labute approximate surface area is 582 Å². The highest BCUT2D eigenvalue weighted by Gasteiger charge is 2.51. The van der Waals surface area contributed by atoms with Gasteiger partial charge in [-0.15, -0.1) is 0 Å². The van der Waals surface area contributed by atoms with Gasteiger partial charge in [-0.1, -0.05) is 352 Å². The van der Waals surface area contributed by atoms with Crippen LogP contribution >= 0.6 is 0 Å². The van der Waals surface area contributed by atoms with Gasteiger partial charge in [-0.05, 0) is 57.8 Å². The molecule has 1 amide bonds. The van der Waals surface area contributed by atoms with Crippen LogP contribution < -0.4 is 5.32 Å². The number of rotatable bonds is 69. The molecule has 14 nitrogen and oxygen atoms in total. The second-order valence-electron chi connectivity index (χ2n) is 28.9. The third-order valence-corrected chi connectivity index (χ3v) is 20.0. The molecule has 0 radical (unpaired) electrons. The number of amides is 1. The molecule has 12 atom stereocenters. The molecule has 0 aromatic carbocycles. The van der Waals surface area contributed by atoms with Gasteiger partial charge in [-0.25, -0.2) is 0 Å². The standard InChI is InChI=1S/C81H153NO13/c1-3-5-7-9-11-13-15-17-19-21-23-25-26-27-28-29-30-31-32-33-34-35-36-37-38-39-40-41-42-43-44-45-47-49-51-53-55-57-59-61-63-65-73(86)82-69(70(85)64-62-60-58-56-54-52-50-48-46-24-22-20-18-16-14-12-10-8-6-4-2)68-92-80-78(91)76(89)79(72(67-84)94-80)95-81-77(90)75(88)74(87)71(66-83)93-81/h21,23,54,56,62,64,69-72,74-81,83-85,87-91H,3-20,22,24-53,55,57-61,63,65-68H2,1-2H3,(H,82,86)/b23-21-,56-54+,64-62+. The predicted molar refractivity (Wildman–Crippen MR) is 392 cm³/mol. The van der Waals surface area contributed by atoms with E-state index >= 15 is 0 Å². The van der Waals surface area contributed by atoms with Crippen molar-refractivity contribution in [2.45, 2.75) is 453 Å². The first-order valence-corrected chi connectivity index (χ1v) is 40.7. The van der Waals surface area contributed by atoms with Crippen LogP contribution in [0, 0.1) is 0 Å². The summed E-state index contributed by atoms with van der Waals surface area (Å²) in [7, 11) is 0. The molecule has 9 N–H and O–H groups in total. The van der Waals surface area contributed by atoms with Gasteiger partial charge in [-0.2, -0.15) is 0 Å². The summed E-state index contributed by atoms with van der Waals surface area (Å²) in [5, 5.41) is 87.5. The molecule has 2 heterocycles. The highest BCUT2D eigenvalue weighted by atomic mass is 16.7. The van der Waals surface area contributed by atoms with Crippen molar-refractivity contribution in [3.63, 3.8) is 0 Å². The first-order valence-electron chi connectivity index (χ1n) is 40.7. The molecule has 0 aliphatic carbocycles. The van der Waals surface area contributed by atoms with Crippen molar-refractivity contribution in [1.29, 1.82) is 0 Å². The zero-order valence-electron chi connectivity index (χ0n) is 61.4. The van der Waals surface area contributed by atoms with Gasteiger partial charge in [-0.3, -0.25) is 4.79 Å². The van der Waals surface area contributed by atoms with Crippen LogP contribution in [0.1, 0.15) is 380 Å². The van der Waals surface area contributed by atoms with Gasteiger partial charge in [0.15, 0.2) is 12.6 Å². The van der Waals surface area contributed by atoms with E-state index in [4.69, 9.17) is 18.9 Å². The van der Waals surface area contributed by atoms with Crippen molar-refractivity contribution in [1.82, 2.24) is 5.32 Å².